The lowest BCUT2D eigenvalue weighted by Gasteiger charge is -1.98. The molecule has 2 aromatic rings. The Labute approximate surface area is 71.8 Å². The molecule has 0 fully saturated rings. The number of hydrogen-bond acceptors (Lipinski definition) is 5. The van der Waals surface area contributed by atoms with Crippen molar-refractivity contribution in [1.29, 1.82) is 0 Å². The molecule has 2 aromatic heterocycles. The summed E-state index contributed by atoms with van der Waals surface area (Å²) in [6.45, 7) is 1.66. The molecule has 0 aliphatic carbocycles. The van der Waals surface area contributed by atoms with Crippen LogP contribution in [-0.4, -0.2) is 24.9 Å². The van der Waals surface area contributed by atoms with Gasteiger partial charge in [-0.05, 0) is 6.92 Å². The lowest BCUT2D eigenvalue weighted by atomic mass is 10.5. The normalized spacial score (nSPS) is 10.8. The monoisotopic (exact) mass is 181 g/mol. The maximum Gasteiger partial charge on any atom is 0.300 e. The molecule has 4 N–H and O–H groups in total. The van der Waals surface area contributed by atoms with Gasteiger partial charge >= 0.3 is 5.56 Å². The number of H-pyrrole nitrogens is 1. The summed E-state index contributed by atoms with van der Waals surface area (Å²) < 4.78 is 0.570. The molecule has 0 amide bonds. The zero-order chi connectivity index (χ0) is 9.59. The van der Waals surface area contributed by atoms with Crippen LogP contribution >= 0.6 is 0 Å². The van der Waals surface area contributed by atoms with Crippen molar-refractivity contribution in [3.05, 3.63) is 16.2 Å². The highest BCUT2D eigenvalue weighted by Crippen LogP contribution is 2.06. The van der Waals surface area contributed by atoms with E-state index < -0.39 is 5.56 Å². The highest BCUT2D eigenvalue weighted by molar-refractivity contribution is 5.70. The third-order valence-corrected chi connectivity index (χ3v) is 1.65. The lowest BCUT2D eigenvalue weighted by Crippen LogP contribution is -2.16. The second kappa shape index (κ2) is 2.22. The largest absolute Gasteiger partial charge is 0.423 e. The van der Waals surface area contributed by atoms with Crippen LogP contribution in [0.1, 0.15) is 5.82 Å². The van der Waals surface area contributed by atoms with E-state index in [1.165, 1.54) is 0 Å². The van der Waals surface area contributed by atoms with Gasteiger partial charge < -0.3 is 15.9 Å². The standard InChI is InChI=1S/C6H7N5O2/c1-2-8-3-4(9-2)11(13)6(7)10-5(3)12/h13H,1H3,(H,8,9)(H2,7,10,12). The summed E-state index contributed by atoms with van der Waals surface area (Å²) in [7, 11) is 0. The molecule has 0 aliphatic rings. The number of fused-ring (bicyclic) bond motifs is 1. The highest BCUT2D eigenvalue weighted by atomic mass is 16.5. The second-order valence-corrected chi connectivity index (χ2v) is 2.61. The van der Waals surface area contributed by atoms with E-state index in [-0.39, 0.29) is 17.1 Å². The average Bonchev–Trinajstić information content (AvgIpc) is 2.44. The number of nitrogens with zero attached hydrogens (tertiary/aromatic N) is 3. The van der Waals surface area contributed by atoms with E-state index in [0.717, 1.165) is 0 Å². The molecule has 0 bridgehead atoms. The van der Waals surface area contributed by atoms with Crippen molar-refractivity contribution in [3.63, 3.8) is 0 Å². The van der Waals surface area contributed by atoms with Crippen LogP contribution in [0.4, 0.5) is 5.95 Å². The van der Waals surface area contributed by atoms with Gasteiger partial charge in [0.1, 0.15) is 5.82 Å². The Morgan fingerprint density at radius 3 is 2.92 bits per heavy atom. The van der Waals surface area contributed by atoms with Crippen LogP contribution in [0, 0.1) is 6.92 Å². The third-order valence-electron chi connectivity index (χ3n) is 1.65. The molecule has 0 saturated heterocycles. The van der Waals surface area contributed by atoms with Crippen molar-refractivity contribution in [2.24, 2.45) is 0 Å². The lowest BCUT2D eigenvalue weighted by molar-refractivity contribution is 0.199. The van der Waals surface area contributed by atoms with Crippen LogP contribution in [-0.2, 0) is 0 Å². The number of imidazole rings is 1. The van der Waals surface area contributed by atoms with Crippen molar-refractivity contribution in [3.8, 4) is 0 Å². The van der Waals surface area contributed by atoms with Crippen molar-refractivity contribution < 1.29 is 5.21 Å². The third kappa shape index (κ3) is 0.934. The minimum absolute atomic E-state index is 0.0926. The molecule has 0 atom stereocenters. The van der Waals surface area contributed by atoms with E-state index in [9.17, 15) is 10.0 Å². The molecule has 2 rings (SSSR count). The maximum atomic E-state index is 11.2. The molecule has 13 heavy (non-hydrogen) atoms. The van der Waals surface area contributed by atoms with Gasteiger partial charge in [0.15, 0.2) is 5.52 Å². The van der Waals surface area contributed by atoms with Crippen LogP contribution in [0.15, 0.2) is 4.79 Å². The van der Waals surface area contributed by atoms with Gasteiger partial charge in [-0.25, -0.2) is 4.98 Å². The summed E-state index contributed by atoms with van der Waals surface area (Å²) in [5, 5.41) is 9.30. The molecular formula is C6H7N5O2. The molecule has 0 spiro atoms. The van der Waals surface area contributed by atoms with E-state index in [1.54, 1.807) is 6.92 Å². The maximum absolute atomic E-state index is 11.2. The van der Waals surface area contributed by atoms with Gasteiger partial charge in [-0.1, -0.05) is 0 Å². The molecule has 7 nitrogen and oxygen atoms in total. The van der Waals surface area contributed by atoms with Gasteiger partial charge in [-0.2, -0.15) is 4.98 Å². The molecule has 0 radical (unpaired) electrons. The fourth-order valence-corrected chi connectivity index (χ4v) is 1.10. The number of hydrogen-bond donors (Lipinski definition) is 3. The highest BCUT2D eigenvalue weighted by Gasteiger charge is 2.10. The first-order valence-corrected chi connectivity index (χ1v) is 3.53. The first kappa shape index (κ1) is 7.59. The zero-order valence-electron chi connectivity index (χ0n) is 6.77. The first-order valence-electron chi connectivity index (χ1n) is 3.53. The molecule has 0 aromatic carbocycles. The Balaban J connectivity index is 3.04. The predicted molar refractivity (Wildman–Crippen MR) is 44.5 cm³/mol. The number of aromatic nitrogens is 4. The Kier molecular flexibility index (Phi) is 1.30. The van der Waals surface area contributed by atoms with Gasteiger partial charge in [0.05, 0.1) is 0 Å². The van der Waals surface area contributed by atoms with Crippen LogP contribution in [0.3, 0.4) is 0 Å². The first-order chi connectivity index (χ1) is 6.09. The molecule has 0 unspecified atom stereocenters. The summed E-state index contributed by atoms with van der Waals surface area (Å²) in [5.41, 5.74) is 4.95. The average molecular weight is 181 g/mol. The quantitative estimate of drug-likeness (QED) is 0.463. The number of rotatable bonds is 0. The van der Waals surface area contributed by atoms with Gasteiger partial charge in [-0.15, -0.1) is 4.73 Å². The molecule has 0 saturated carbocycles. The van der Waals surface area contributed by atoms with Crippen molar-refractivity contribution in [1.82, 2.24) is 19.7 Å². The molecule has 7 heteroatoms. The van der Waals surface area contributed by atoms with E-state index in [0.29, 0.717) is 10.6 Å². The van der Waals surface area contributed by atoms with Crippen LogP contribution in [0.25, 0.3) is 11.2 Å². The van der Waals surface area contributed by atoms with Gasteiger partial charge in [0.25, 0.3) is 0 Å². The van der Waals surface area contributed by atoms with E-state index in [2.05, 4.69) is 15.0 Å². The summed E-state index contributed by atoms with van der Waals surface area (Å²) >= 11 is 0. The summed E-state index contributed by atoms with van der Waals surface area (Å²) in [6.07, 6.45) is 0. The smallest absolute Gasteiger partial charge is 0.300 e. The topological polar surface area (TPSA) is 110 Å². The fourth-order valence-electron chi connectivity index (χ4n) is 1.10. The summed E-state index contributed by atoms with van der Waals surface area (Å²) in [6, 6.07) is 0. The van der Waals surface area contributed by atoms with Crippen LogP contribution in [0.2, 0.25) is 0 Å². The Bertz CT molecular complexity index is 526. The predicted octanol–water partition coefficient (Wildman–Crippen LogP) is -0.752. The number of aryl methyl sites for hydroxylation is 1. The van der Waals surface area contributed by atoms with E-state index in [1.807, 2.05) is 0 Å². The number of anilines is 1. The van der Waals surface area contributed by atoms with Crippen LogP contribution in [0.5, 0.6) is 0 Å². The van der Waals surface area contributed by atoms with Gasteiger partial charge in [0.2, 0.25) is 11.6 Å². The number of nitrogen functional groups attached to an aromatic ring is 1. The Morgan fingerprint density at radius 2 is 2.23 bits per heavy atom. The van der Waals surface area contributed by atoms with Crippen LogP contribution < -0.4 is 11.3 Å². The summed E-state index contributed by atoms with van der Waals surface area (Å²) in [4.78, 5) is 21.1. The molecular weight excluding hydrogens is 174 g/mol. The molecule has 2 heterocycles. The van der Waals surface area contributed by atoms with E-state index in [4.69, 9.17) is 5.73 Å². The van der Waals surface area contributed by atoms with Crippen molar-refractivity contribution in [2.45, 2.75) is 6.92 Å². The number of nitrogens with two attached hydrogens (primary N) is 1. The Morgan fingerprint density at radius 1 is 1.54 bits per heavy atom. The van der Waals surface area contributed by atoms with E-state index >= 15 is 0 Å². The minimum atomic E-state index is -0.529. The zero-order valence-corrected chi connectivity index (χ0v) is 6.77. The molecule has 0 aliphatic heterocycles. The Hall–Kier alpha value is -2.05. The van der Waals surface area contributed by atoms with Gasteiger partial charge in [-0.3, -0.25) is 4.79 Å². The number of aromatic amines is 1. The molecule has 68 valence electrons. The van der Waals surface area contributed by atoms with Gasteiger partial charge in [0, 0.05) is 0 Å². The second-order valence-electron chi connectivity index (χ2n) is 2.61. The summed E-state index contributed by atoms with van der Waals surface area (Å²) in [5.74, 6) is 0.242. The number of nitrogens with one attached hydrogen (secondary N) is 1. The van der Waals surface area contributed by atoms with Crippen molar-refractivity contribution in [2.75, 3.05) is 5.73 Å². The SMILES string of the molecule is Cc1nc2c([nH]1)c(=O)nc(N)n2O. The van der Waals surface area contributed by atoms with Crippen molar-refractivity contribution >= 4 is 17.1 Å². The fraction of sp³-hybridized carbons (Fsp3) is 0.167. The minimum Gasteiger partial charge on any atom is -0.423 e.